The Balaban J connectivity index is 2.36. The van der Waals surface area contributed by atoms with Crippen LogP contribution in [0.15, 0.2) is 29.1 Å². The molecule has 6 nitrogen and oxygen atoms in total. The predicted molar refractivity (Wildman–Crippen MR) is 62.8 cm³/mol. The first kappa shape index (κ1) is 13.3. The van der Waals surface area contributed by atoms with Crippen LogP contribution in [0.25, 0.3) is 0 Å². The van der Waals surface area contributed by atoms with Crippen LogP contribution in [0.5, 0.6) is 11.6 Å². The minimum Gasteiger partial charge on any atom is -0.436 e. The molecule has 0 amide bonds. The molecule has 9 heteroatoms. The van der Waals surface area contributed by atoms with Crippen molar-refractivity contribution in [3.63, 3.8) is 0 Å². The monoisotopic (exact) mass is 331 g/mol. The molecule has 0 aliphatic rings. The van der Waals surface area contributed by atoms with Gasteiger partial charge in [-0.15, -0.1) is 0 Å². The van der Waals surface area contributed by atoms with Gasteiger partial charge in [0.15, 0.2) is 11.6 Å². The van der Waals surface area contributed by atoms with Crippen LogP contribution in [-0.4, -0.2) is 14.9 Å². The Morgan fingerprint density at radius 3 is 2.58 bits per heavy atom. The molecule has 0 radical (unpaired) electrons. The van der Waals surface area contributed by atoms with Crippen LogP contribution < -0.4 is 4.74 Å². The fourth-order valence-corrected chi connectivity index (χ4v) is 1.51. The molecule has 1 heterocycles. The first-order chi connectivity index (χ1) is 8.97. The summed E-state index contributed by atoms with van der Waals surface area (Å²) in [6.07, 6.45) is 1.15. The summed E-state index contributed by atoms with van der Waals surface area (Å²) in [4.78, 5) is 16.8. The van der Waals surface area contributed by atoms with E-state index in [0.717, 1.165) is 6.33 Å². The number of aromatic nitrogens is 2. The van der Waals surface area contributed by atoms with Crippen molar-refractivity contribution in [2.45, 2.75) is 0 Å². The van der Waals surface area contributed by atoms with Crippen LogP contribution in [0.3, 0.4) is 0 Å². The van der Waals surface area contributed by atoms with Gasteiger partial charge in [0.2, 0.25) is 11.7 Å². The normalized spacial score (nSPS) is 10.3. The van der Waals surface area contributed by atoms with Crippen molar-refractivity contribution in [1.29, 1.82) is 0 Å². The number of nitro groups is 1. The largest absolute Gasteiger partial charge is 0.436 e. The molecule has 19 heavy (non-hydrogen) atoms. The number of nitro benzene ring substituents is 1. The van der Waals surface area contributed by atoms with E-state index < -0.39 is 28.0 Å². The summed E-state index contributed by atoms with van der Waals surface area (Å²) >= 11 is 3.05. The second-order valence-corrected chi connectivity index (χ2v) is 4.08. The molecule has 2 aromatic rings. The van der Waals surface area contributed by atoms with Gasteiger partial charge in [0.1, 0.15) is 10.9 Å². The average Bonchev–Trinajstić information content (AvgIpc) is 2.33. The first-order valence-electron chi connectivity index (χ1n) is 4.76. The van der Waals surface area contributed by atoms with E-state index in [1.165, 1.54) is 6.07 Å². The SMILES string of the molecule is O=[N+]([O-])c1cc(F)c(Oc2cc(Br)ncn2)cc1F. The third-order valence-electron chi connectivity index (χ3n) is 2.02. The molecule has 0 saturated heterocycles. The molecule has 0 atom stereocenters. The van der Waals surface area contributed by atoms with E-state index in [1.807, 2.05) is 0 Å². The molecule has 0 aliphatic carbocycles. The number of hydrogen-bond acceptors (Lipinski definition) is 5. The summed E-state index contributed by atoms with van der Waals surface area (Å²) < 4.78 is 32.2. The van der Waals surface area contributed by atoms with Gasteiger partial charge >= 0.3 is 5.69 Å². The van der Waals surface area contributed by atoms with Gasteiger partial charge in [-0.1, -0.05) is 0 Å². The highest BCUT2D eigenvalue weighted by atomic mass is 79.9. The van der Waals surface area contributed by atoms with Crippen molar-refractivity contribution >= 4 is 21.6 Å². The van der Waals surface area contributed by atoms with E-state index in [9.17, 15) is 18.9 Å². The molecule has 0 N–H and O–H groups in total. The third kappa shape index (κ3) is 2.99. The summed E-state index contributed by atoms with van der Waals surface area (Å²) in [5, 5.41) is 10.4. The number of halogens is 3. The van der Waals surface area contributed by atoms with Gasteiger partial charge in [-0.25, -0.2) is 14.4 Å². The van der Waals surface area contributed by atoms with Crippen LogP contribution in [0, 0.1) is 21.7 Å². The van der Waals surface area contributed by atoms with E-state index >= 15 is 0 Å². The maximum absolute atomic E-state index is 13.5. The lowest BCUT2D eigenvalue weighted by Gasteiger charge is -2.06. The maximum atomic E-state index is 13.5. The Bertz CT molecular complexity index is 654. The fourth-order valence-electron chi connectivity index (χ4n) is 1.22. The van der Waals surface area contributed by atoms with Crippen molar-refractivity contribution < 1.29 is 18.4 Å². The van der Waals surface area contributed by atoms with Crippen molar-refractivity contribution in [2.75, 3.05) is 0 Å². The highest BCUT2D eigenvalue weighted by Gasteiger charge is 2.20. The van der Waals surface area contributed by atoms with Crippen molar-refractivity contribution in [1.82, 2.24) is 9.97 Å². The van der Waals surface area contributed by atoms with Gasteiger partial charge in [0.25, 0.3) is 0 Å². The molecule has 0 aliphatic heterocycles. The van der Waals surface area contributed by atoms with E-state index in [4.69, 9.17) is 4.74 Å². The summed E-state index contributed by atoms with van der Waals surface area (Å²) in [7, 11) is 0. The quantitative estimate of drug-likeness (QED) is 0.490. The van der Waals surface area contributed by atoms with Gasteiger partial charge in [-0.05, 0) is 15.9 Å². The lowest BCUT2D eigenvalue weighted by Crippen LogP contribution is -1.97. The second-order valence-electron chi connectivity index (χ2n) is 3.27. The third-order valence-corrected chi connectivity index (χ3v) is 2.45. The summed E-state index contributed by atoms with van der Waals surface area (Å²) in [6, 6.07) is 2.36. The van der Waals surface area contributed by atoms with Crippen LogP contribution >= 0.6 is 15.9 Å². The van der Waals surface area contributed by atoms with Crippen molar-refractivity contribution in [2.24, 2.45) is 0 Å². The molecule has 0 unspecified atom stereocenters. The zero-order chi connectivity index (χ0) is 14.0. The zero-order valence-corrected chi connectivity index (χ0v) is 10.6. The van der Waals surface area contributed by atoms with E-state index in [2.05, 4.69) is 25.9 Å². The molecule has 0 bridgehead atoms. The number of benzene rings is 1. The van der Waals surface area contributed by atoms with Gasteiger partial charge in [-0.2, -0.15) is 4.39 Å². The summed E-state index contributed by atoms with van der Waals surface area (Å²) in [5.41, 5.74) is -0.964. The minimum atomic E-state index is -1.20. The Labute approximate surface area is 113 Å². The highest BCUT2D eigenvalue weighted by molar-refractivity contribution is 9.10. The van der Waals surface area contributed by atoms with Crippen LogP contribution in [-0.2, 0) is 0 Å². The second kappa shape index (κ2) is 5.22. The number of ether oxygens (including phenoxy) is 1. The maximum Gasteiger partial charge on any atom is 0.307 e. The topological polar surface area (TPSA) is 78.2 Å². The fraction of sp³-hybridized carbons (Fsp3) is 0. The number of rotatable bonds is 3. The zero-order valence-electron chi connectivity index (χ0n) is 9.01. The van der Waals surface area contributed by atoms with E-state index in [-0.39, 0.29) is 5.88 Å². The summed E-state index contributed by atoms with van der Waals surface area (Å²) in [5.74, 6) is -2.81. The molecule has 98 valence electrons. The number of nitrogens with zero attached hydrogens (tertiary/aromatic N) is 3. The van der Waals surface area contributed by atoms with Gasteiger partial charge < -0.3 is 4.74 Å². The molecule has 0 saturated carbocycles. The molecule has 1 aromatic carbocycles. The minimum absolute atomic E-state index is 0.0333. The van der Waals surface area contributed by atoms with Gasteiger partial charge in [-0.3, -0.25) is 10.1 Å². The van der Waals surface area contributed by atoms with Gasteiger partial charge in [0.05, 0.1) is 11.0 Å². The van der Waals surface area contributed by atoms with Crippen LogP contribution in [0.2, 0.25) is 0 Å². The summed E-state index contributed by atoms with van der Waals surface area (Å²) in [6.45, 7) is 0. The lowest BCUT2D eigenvalue weighted by atomic mass is 10.3. The number of hydrogen-bond donors (Lipinski definition) is 0. The molecule has 0 fully saturated rings. The molecule has 2 rings (SSSR count). The van der Waals surface area contributed by atoms with Crippen LogP contribution in [0.1, 0.15) is 0 Å². The molecular formula is C10H4BrF2N3O3. The van der Waals surface area contributed by atoms with Crippen molar-refractivity contribution in [3.8, 4) is 11.6 Å². The average molecular weight is 332 g/mol. The molecule has 0 spiro atoms. The predicted octanol–water partition coefficient (Wildman–Crippen LogP) is 3.22. The standard InChI is InChI=1S/C10H4BrF2N3O3/c11-9-3-10(15-4-14-9)19-8-2-5(12)7(16(17)18)1-6(8)13/h1-4H. The Kier molecular flexibility index (Phi) is 3.65. The smallest absolute Gasteiger partial charge is 0.307 e. The lowest BCUT2D eigenvalue weighted by molar-refractivity contribution is -0.387. The molecule has 1 aromatic heterocycles. The Morgan fingerprint density at radius 2 is 1.95 bits per heavy atom. The van der Waals surface area contributed by atoms with E-state index in [1.54, 1.807) is 0 Å². The van der Waals surface area contributed by atoms with Crippen molar-refractivity contribution in [3.05, 3.63) is 50.9 Å². The van der Waals surface area contributed by atoms with E-state index in [0.29, 0.717) is 16.7 Å². The van der Waals surface area contributed by atoms with Crippen LogP contribution in [0.4, 0.5) is 14.5 Å². The first-order valence-corrected chi connectivity index (χ1v) is 5.55. The highest BCUT2D eigenvalue weighted by Crippen LogP contribution is 2.29. The van der Waals surface area contributed by atoms with Gasteiger partial charge in [0, 0.05) is 12.1 Å². The molecular weight excluding hydrogens is 328 g/mol. The Hall–Kier alpha value is -2.16. The Morgan fingerprint density at radius 1 is 1.21 bits per heavy atom.